The van der Waals surface area contributed by atoms with E-state index in [-0.39, 0.29) is 17.6 Å². The molecule has 2 aromatic heterocycles. The van der Waals surface area contributed by atoms with Gasteiger partial charge in [0, 0.05) is 24.8 Å². The summed E-state index contributed by atoms with van der Waals surface area (Å²) < 4.78 is 14.9. The van der Waals surface area contributed by atoms with Gasteiger partial charge in [-0.25, -0.2) is 4.79 Å². The minimum Gasteiger partial charge on any atom is -0.496 e. The van der Waals surface area contributed by atoms with Gasteiger partial charge in [-0.05, 0) is 61.9 Å². The lowest BCUT2D eigenvalue weighted by Crippen LogP contribution is -2.31. The highest BCUT2D eigenvalue weighted by Crippen LogP contribution is 2.32. The number of methoxy groups -OCH3 is 1. The Labute approximate surface area is 202 Å². The van der Waals surface area contributed by atoms with Gasteiger partial charge in [-0.1, -0.05) is 12.6 Å². The Kier molecular flexibility index (Phi) is 5.86. The average molecular weight is 471 g/mol. The first-order valence-corrected chi connectivity index (χ1v) is 11.4. The molecule has 1 saturated heterocycles. The number of carbonyl (C=O) groups is 1. The SMILES string of the molecule is C=CC(=O)N1CCC(n2c(=O)n(-c3ccc(Oc4cccc(OC)c4C)cc3)c3cnccc32)C1. The number of imidazole rings is 1. The van der Waals surface area contributed by atoms with Crippen molar-refractivity contribution in [3.05, 3.63) is 89.6 Å². The van der Waals surface area contributed by atoms with E-state index in [9.17, 15) is 9.59 Å². The number of rotatable bonds is 6. The van der Waals surface area contributed by atoms with Gasteiger partial charge in [-0.15, -0.1) is 0 Å². The molecule has 1 aliphatic rings. The average Bonchev–Trinajstić information content (AvgIpc) is 3.47. The number of nitrogens with zero attached hydrogens (tertiary/aromatic N) is 4. The van der Waals surface area contributed by atoms with Gasteiger partial charge >= 0.3 is 5.69 Å². The van der Waals surface area contributed by atoms with E-state index >= 15 is 0 Å². The predicted octanol–water partition coefficient (Wildman–Crippen LogP) is 4.26. The number of benzene rings is 2. The van der Waals surface area contributed by atoms with Crippen molar-refractivity contribution >= 4 is 16.9 Å². The fourth-order valence-electron chi connectivity index (χ4n) is 4.67. The molecule has 1 unspecified atom stereocenters. The van der Waals surface area contributed by atoms with Crippen molar-refractivity contribution in [2.75, 3.05) is 20.2 Å². The Balaban J connectivity index is 1.49. The maximum absolute atomic E-state index is 13.6. The highest BCUT2D eigenvalue weighted by atomic mass is 16.5. The van der Waals surface area contributed by atoms with Crippen LogP contribution < -0.4 is 15.2 Å². The first-order valence-electron chi connectivity index (χ1n) is 11.4. The Morgan fingerprint density at radius 3 is 2.63 bits per heavy atom. The molecule has 0 saturated carbocycles. The topological polar surface area (TPSA) is 78.6 Å². The van der Waals surface area contributed by atoms with Gasteiger partial charge in [0.15, 0.2) is 0 Å². The van der Waals surface area contributed by atoms with E-state index in [0.717, 1.165) is 16.8 Å². The summed E-state index contributed by atoms with van der Waals surface area (Å²) >= 11 is 0. The number of aromatic nitrogens is 3. The van der Waals surface area contributed by atoms with Crippen molar-refractivity contribution in [1.82, 2.24) is 19.0 Å². The minimum absolute atomic E-state index is 0.115. The van der Waals surface area contributed by atoms with Crippen molar-refractivity contribution in [2.24, 2.45) is 0 Å². The fourth-order valence-corrected chi connectivity index (χ4v) is 4.67. The Bertz CT molecular complexity index is 1470. The number of hydrogen-bond acceptors (Lipinski definition) is 5. The van der Waals surface area contributed by atoms with Crippen LogP contribution in [0.25, 0.3) is 16.7 Å². The fraction of sp³-hybridized carbons (Fsp3) is 0.222. The molecule has 178 valence electrons. The van der Waals surface area contributed by atoms with Gasteiger partial charge in [0.2, 0.25) is 5.91 Å². The number of ether oxygens (including phenoxy) is 2. The van der Waals surface area contributed by atoms with E-state index < -0.39 is 0 Å². The van der Waals surface area contributed by atoms with E-state index in [1.54, 1.807) is 33.5 Å². The smallest absolute Gasteiger partial charge is 0.334 e. The third kappa shape index (κ3) is 3.97. The molecule has 5 rings (SSSR count). The summed E-state index contributed by atoms with van der Waals surface area (Å²) in [6.45, 7) is 6.58. The normalized spacial score (nSPS) is 15.4. The second-order valence-corrected chi connectivity index (χ2v) is 8.46. The second kappa shape index (κ2) is 9.13. The van der Waals surface area contributed by atoms with Crippen molar-refractivity contribution < 1.29 is 14.3 Å². The third-order valence-corrected chi connectivity index (χ3v) is 6.47. The van der Waals surface area contributed by atoms with Gasteiger partial charge < -0.3 is 14.4 Å². The molecule has 1 aliphatic heterocycles. The first kappa shape index (κ1) is 22.5. The molecule has 4 aromatic rings. The van der Waals surface area contributed by atoms with E-state index in [4.69, 9.17) is 9.47 Å². The Hall–Kier alpha value is -4.33. The molecule has 3 heterocycles. The van der Waals surface area contributed by atoms with Crippen LogP contribution in [0.15, 0.2) is 78.4 Å². The lowest BCUT2D eigenvalue weighted by molar-refractivity contribution is -0.125. The molecule has 0 bridgehead atoms. The molecule has 1 fully saturated rings. The summed E-state index contributed by atoms with van der Waals surface area (Å²) in [7, 11) is 1.63. The molecule has 35 heavy (non-hydrogen) atoms. The highest BCUT2D eigenvalue weighted by Gasteiger charge is 2.30. The summed E-state index contributed by atoms with van der Waals surface area (Å²) in [5.41, 5.74) is 2.95. The van der Waals surface area contributed by atoms with E-state index in [0.29, 0.717) is 42.2 Å². The number of amides is 1. The van der Waals surface area contributed by atoms with Crippen molar-refractivity contribution in [3.8, 4) is 22.9 Å². The van der Waals surface area contributed by atoms with Crippen LogP contribution in [0.3, 0.4) is 0 Å². The standard InChI is InChI=1S/C27H26N4O4/c1-4-26(32)29-15-13-20(17-29)31-22-12-14-28-16-23(22)30(27(31)33)19-8-10-21(11-9-19)35-25-7-5-6-24(34-3)18(25)2/h4-12,14,16,20H,1,13,15,17H2,2-3H3. The molecule has 0 aliphatic carbocycles. The van der Waals surface area contributed by atoms with Gasteiger partial charge in [-0.3, -0.25) is 18.9 Å². The summed E-state index contributed by atoms with van der Waals surface area (Å²) in [5.74, 6) is 1.99. The molecular formula is C27H26N4O4. The van der Waals surface area contributed by atoms with Crippen molar-refractivity contribution in [3.63, 3.8) is 0 Å². The van der Waals surface area contributed by atoms with E-state index in [2.05, 4.69) is 11.6 Å². The van der Waals surface area contributed by atoms with Crippen LogP contribution in [0.1, 0.15) is 18.0 Å². The summed E-state index contributed by atoms with van der Waals surface area (Å²) in [5, 5.41) is 0. The van der Waals surface area contributed by atoms with Gasteiger partial charge in [-0.2, -0.15) is 0 Å². The second-order valence-electron chi connectivity index (χ2n) is 8.46. The lowest BCUT2D eigenvalue weighted by atomic mass is 10.2. The van der Waals surface area contributed by atoms with Gasteiger partial charge in [0.25, 0.3) is 0 Å². The number of fused-ring (bicyclic) bond motifs is 1. The monoisotopic (exact) mass is 470 g/mol. The third-order valence-electron chi connectivity index (χ3n) is 6.47. The maximum Gasteiger partial charge on any atom is 0.334 e. The molecule has 8 nitrogen and oxygen atoms in total. The molecule has 0 radical (unpaired) electrons. The Morgan fingerprint density at radius 2 is 1.89 bits per heavy atom. The molecule has 0 N–H and O–H groups in total. The van der Waals surface area contributed by atoms with E-state index in [1.165, 1.54) is 6.08 Å². The predicted molar refractivity (Wildman–Crippen MR) is 134 cm³/mol. The van der Waals surface area contributed by atoms with Crippen LogP contribution >= 0.6 is 0 Å². The largest absolute Gasteiger partial charge is 0.496 e. The summed E-state index contributed by atoms with van der Waals surface area (Å²) in [6.07, 6.45) is 5.39. The number of pyridine rings is 1. The van der Waals surface area contributed by atoms with Gasteiger partial charge in [0.1, 0.15) is 17.2 Å². The summed E-state index contributed by atoms with van der Waals surface area (Å²) in [6, 6.07) is 14.8. The minimum atomic E-state index is -0.164. The maximum atomic E-state index is 13.6. The first-order chi connectivity index (χ1) is 17.0. The van der Waals surface area contributed by atoms with Crippen LogP contribution in [0.5, 0.6) is 17.2 Å². The molecule has 1 amide bonds. The molecule has 0 spiro atoms. The van der Waals surface area contributed by atoms with Crippen molar-refractivity contribution in [1.29, 1.82) is 0 Å². The zero-order chi connectivity index (χ0) is 24.5. The molecule has 2 aromatic carbocycles. The quantitative estimate of drug-likeness (QED) is 0.394. The highest BCUT2D eigenvalue weighted by molar-refractivity contribution is 5.87. The summed E-state index contributed by atoms with van der Waals surface area (Å²) in [4.78, 5) is 31.7. The van der Waals surface area contributed by atoms with E-state index in [1.807, 2.05) is 55.5 Å². The van der Waals surface area contributed by atoms with Crippen molar-refractivity contribution in [2.45, 2.75) is 19.4 Å². The lowest BCUT2D eigenvalue weighted by Gasteiger charge is -2.15. The Morgan fingerprint density at radius 1 is 1.11 bits per heavy atom. The van der Waals surface area contributed by atoms with Crippen LogP contribution in [0.2, 0.25) is 0 Å². The van der Waals surface area contributed by atoms with Crippen LogP contribution in [-0.4, -0.2) is 45.1 Å². The van der Waals surface area contributed by atoms with Gasteiger partial charge in [0.05, 0.1) is 36.1 Å². The number of likely N-dealkylation sites (tertiary alicyclic amines) is 1. The van der Waals surface area contributed by atoms with Crippen LogP contribution in [0, 0.1) is 6.92 Å². The molecular weight excluding hydrogens is 444 g/mol. The number of hydrogen-bond donors (Lipinski definition) is 0. The number of carbonyl (C=O) groups excluding carboxylic acids is 1. The molecule has 8 heteroatoms. The zero-order valence-corrected chi connectivity index (χ0v) is 19.7. The van der Waals surface area contributed by atoms with Crippen LogP contribution in [0.4, 0.5) is 0 Å². The van der Waals surface area contributed by atoms with Crippen LogP contribution in [-0.2, 0) is 4.79 Å². The zero-order valence-electron chi connectivity index (χ0n) is 19.7. The molecule has 1 atom stereocenters.